The maximum atomic E-state index is 13.0. The van der Waals surface area contributed by atoms with Crippen LogP contribution in [0.1, 0.15) is 15.9 Å². The van der Waals surface area contributed by atoms with Crippen LogP contribution in [0.25, 0.3) is 11.1 Å². The first kappa shape index (κ1) is 24.6. The maximum absolute atomic E-state index is 13.0. The van der Waals surface area contributed by atoms with Gasteiger partial charge >= 0.3 is 5.69 Å². The molecule has 0 fully saturated rings. The van der Waals surface area contributed by atoms with E-state index in [1.54, 1.807) is 31.4 Å². The van der Waals surface area contributed by atoms with E-state index >= 15 is 0 Å². The summed E-state index contributed by atoms with van der Waals surface area (Å²) < 4.78 is 16.3. The number of rotatable bonds is 8. The van der Waals surface area contributed by atoms with E-state index in [2.05, 4.69) is 10.6 Å². The van der Waals surface area contributed by atoms with Crippen LogP contribution in [0.15, 0.2) is 78.9 Å². The molecule has 192 valence electrons. The summed E-state index contributed by atoms with van der Waals surface area (Å²) in [5.41, 5.74) is 4.96. The Morgan fingerprint density at radius 2 is 1.58 bits per heavy atom. The van der Waals surface area contributed by atoms with Crippen molar-refractivity contribution >= 4 is 28.7 Å². The Morgan fingerprint density at radius 3 is 2.37 bits per heavy atom. The molecule has 0 aromatic heterocycles. The molecular formula is C29H25N3O6. The van der Waals surface area contributed by atoms with Crippen molar-refractivity contribution in [3.8, 4) is 28.4 Å². The molecule has 0 spiro atoms. The first-order valence-corrected chi connectivity index (χ1v) is 11.9. The van der Waals surface area contributed by atoms with E-state index in [-0.39, 0.29) is 17.3 Å². The highest BCUT2D eigenvalue weighted by Gasteiger charge is 2.21. The number of nitro benzene ring substituents is 1. The number of carbonyl (C=O) groups is 1. The number of anilines is 3. The molecular weight excluding hydrogens is 486 g/mol. The Hall–Kier alpha value is -5.05. The van der Waals surface area contributed by atoms with Gasteiger partial charge in [0.15, 0.2) is 5.75 Å². The average molecular weight is 512 g/mol. The molecule has 0 saturated carbocycles. The van der Waals surface area contributed by atoms with Crippen LogP contribution in [0.4, 0.5) is 22.7 Å². The number of amides is 1. The lowest BCUT2D eigenvalue weighted by Gasteiger charge is -2.12. The van der Waals surface area contributed by atoms with Crippen molar-refractivity contribution in [2.24, 2.45) is 0 Å². The van der Waals surface area contributed by atoms with Gasteiger partial charge in [-0.25, -0.2) is 0 Å². The summed E-state index contributed by atoms with van der Waals surface area (Å²) in [6, 6.07) is 23.4. The number of benzene rings is 4. The van der Waals surface area contributed by atoms with E-state index in [1.807, 2.05) is 48.5 Å². The molecule has 1 aliphatic heterocycles. The van der Waals surface area contributed by atoms with Crippen molar-refractivity contribution in [2.45, 2.75) is 6.42 Å². The molecule has 1 aliphatic rings. The monoisotopic (exact) mass is 511 g/mol. The van der Waals surface area contributed by atoms with Gasteiger partial charge in [-0.1, -0.05) is 18.2 Å². The fraction of sp³-hybridized carbons (Fsp3) is 0.138. The minimum Gasteiger partial charge on any atom is -0.497 e. The molecule has 1 amide bonds. The van der Waals surface area contributed by atoms with Crippen LogP contribution in [0.5, 0.6) is 17.2 Å². The molecule has 1 heterocycles. The summed E-state index contributed by atoms with van der Waals surface area (Å²) in [6.07, 6.45) is 0.652. The number of nitro groups is 1. The first-order chi connectivity index (χ1) is 18.4. The lowest BCUT2D eigenvalue weighted by Crippen LogP contribution is -2.11. The Morgan fingerprint density at radius 1 is 0.789 bits per heavy atom. The largest absolute Gasteiger partial charge is 0.497 e. The topological polar surface area (TPSA) is 112 Å². The van der Waals surface area contributed by atoms with Crippen LogP contribution in [0.3, 0.4) is 0 Å². The highest BCUT2D eigenvalue weighted by atomic mass is 16.6. The summed E-state index contributed by atoms with van der Waals surface area (Å²) in [7, 11) is 3.01. The Bertz CT molecular complexity index is 1530. The van der Waals surface area contributed by atoms with Crippen molar-refractivity contribution in [1.82, 2.24) is 0 Å². The van der Waals surface area contributed by atoms with Crippen LogP contribution < -0.4 is 24.8 Å². The van der Waals surface area contributed by atoms with Gasteiger partial charge in [-0.3, -0.25) is 14.9 Å². The zero-order chi connectivity index (χ0) is 26.6. The number of nitrogens with one attached hydrogen (secondary N) is 2. The molecule has 9 nitrogen and oxygen atoms in total. The minimum atomic E-state index is -0.484. The van der Waals surface area contributed by atoms with Gasteiger partial charge in [-0.05, 0) is 65.2 Å². The van der Waals surface area contributed by atoms with Crippen LogP contribution in [-0.4, -0.2) is 31.7 Å². The third-order valence-electron chi connectivity index (χ3n) is 6.28. The molecule has 9 heteroatoms. The summed E-state index contributed by atoms with van der Waals surface area (Å²) in [6.45, 7) is 0.468. The molecule has 4 aromatic carbocycles. The molecule has 0 bridgehead atoms. The van der Waals surface area contributed by atoms with E-state index in [4.69, 9.17) is 14.2 Å². The van der Waals surface area contributed by atoms with Gasteiger partial charge in [-0.15, -0.1) is 0 Å². The molecule has 5 rings (SSSR count). The smallest absolute Gasteiger partial charge is 0.310 e. The van der Waals surface area contributed by atoms with Crippen molar-refractivity contribution in [3.63, 3.8) is 0 Å². The minimum absolute atomic E-state index is 0.109. The predicted molar refractivity (Wildman–Crippen MR) is 145 cm³/mol. The highest BCUT2D eigenvalue weighted by molar-refractivity contribution is 6.12. The number of hydrogen-bond donors (Lipinski definition) is 2. The van der Waals surface area contributed by atoms with Gasteiger partial charge < -0.3 is 24.8 Å². The van der Waals surface area contributed by atoms with E-state index in [0.717, 1.165) is 33.9 Å². The third-order valence-corrected chi connectivity index (χ3v) is 6.28. The van der Waals surface area contributed by atoms with Crippen molar-refractivity contribution in [3.05, 3.63) is 100 Å². The number of ether oxygens (including phenoxy) is 3. The standard InChI is InChI=1S/C29H25N3O6/c1-36-21-4-3-5-22(17-21)38-13-12-18-6-10-24-26(14-18)31-29(33)23-9-7-19(15-25(23)30-24)20-8-11-27(32(34)35)28(16-20)37-2/h3-11,14-17,30H,12-13H2,1-2H3,(H,31,33). The van der Waals surface area contributed by atoms with Crippen LogP contribution in [-0.2, 0) is 6.42 Å². The van der Waals surface area contributed by atoms with Gasteiger partial charge in [0.1, 0.15) is 11.5 Å². The second kappa shape index (κ2) is 10.5. The van der Waals surface area contributed by atoms with E-state index in [0.29, 0.717) is 30.0 Å². The highest BCUT2D eigenvalue weighted by Crippen LogP contribution is 2.37. The molecule has 4 aromatic rings. The van der Waals surface area contributed by atoms with Gasteiger partial charge in [0.05, 0.1) is 48.4 Å². The number of fused-ring (bicyclic) bond motifs is 2. The third kappa shape index (κ3) is 5.08. The van der Waals surface area contributed by atoms with Gasteiger partial charge in [0.2, 0.25) is 0 Å². The fourth-order valence-electron chi connectivity index (χ4n) is 4.31. The Balaban J connectivity index is 1.35. The van der Waals surface area contributed by atoms with E-state index in [1.165, 1.54) is 13.2 Å². The fourth-order valence-corrected chi connectivity index (χ4v) is 4.31. The normalized spacial score (nSPS) is 11.8. The van der Waals surface area contributed by atoms with Crippen molar-refractivity contribution in [1.29, 1.82) is 0 Å². The predicted octanol–water partition coefficient (Wildman–Crippen LogP) is 6.21. The maximum Gasteiger partial charge on any atom is 0.310 e. The number of methoxy groups -OCH3 is 2. The summed E-state index contributed by atoms with van der Waals surface area (Å²) in [5.74, 6) is 1.40. The summed E-state index contributed by atoms with van der Waals surface area (Å²) in [4.78, 5) is 23.8. The number of carbonyl (C=O) groups excluding carboxylic acids is 1. The SMILES string of the molecule is COc1cccc(OCCc2ccc3c(c2)NC(=O)c2ccc(-c4ccc([N+](=O)[O-])c(OC)c4)cc2N3)c1. The van der Waals surface area contributed by atoms with E-state index in [9.17, 15) is 14.9 Å². The Labute approximate surface area is 219 Å². The van der Waals surface area contributed by atoms with Gasteiger partial charge in [0.25, 0.3) is 5.91 Å². The van der Waals surface area contributed by atoms with Gasteiger partial charge in [0, 0.05) is 18.6 Å². The van der Waals surface area contributed by atoms with Crippen LogP contribution >= 0.6 is 0 Å². The molecule has 38 heavy (non-hydrogen) atoms. The average Bonchev–Trinajstić information content (AvgIpc) is 3.07. The molecule has 0 atom stereocenters. The molecule has 0 aliphatic carbocycles. The number of hydrogen-bond acceptors (Lipinski definition) is 7. The second-order valence-electron chi connectivity index (χ2n) is 8.64. The zero-order valence-electron chi connectivity index (χ0n) is 20.8. The van der Waals surface area contributed by atoms with Gasteiger partial charge in [-0.2, -0.15) is 0 Å². The van der Waals surface area contributed by atoms with Crippen LogP contribution in [0, 0.1) is 10.1 Å². The van der Waals surface area contributed by atoms with E-state index < -0.39 is 4.92 Å². The molecule has 0 radical (unpaired) electrons. The molecule has 0 saturated heterocycles. The zero-order valence-corrected chi connectivity index (χ0v) is 20.8. The Kier molecular flexibility index (Phi) is 6.82. The van der Waals surface area contributed by atoms with Crippen LogP contribution in [0.2, 0.25) is 0 Å². The summed E-state index contributed by atoms with van der Waals surface area (Å²) in [5, 5.41) is 17.6. The lowest BCUT2D eigenvalue weighted by molar-refractivity contribution is -0.385. The second-order valence-corrected chi connectivity index (χ2v) is 8.64. The lowest BCUT2D eigenvalue weighted by atomic mass is 10.0. The first-order valence-electron chi connectivity index (χ1n) is 11.9. The van der Waals surface area contributed by atoms with Crippen molar-refractivity contribution in [2.75, 3.05) is 31.5 Å². The molecule has 2 N–H and O–H groups in total. The van der Waals surface area contributed by atoms with Crippen molar-refractivity contribution < 1.29 is 23.9 Å². The molecule has 0 unspecified atom stereocenters. The number of nitrogens with zero attached hydrogens (tertiary/aromatic N) is 1. The quantitative estimate of drug-likeness (QED) is 0.214. The summed E-state index contributed by atoms with van der Waals surface area (Å²) >= 11 is 0.